The summed E-state index contributed by atoms with van der Waals surface area (Å²) in [5.74, 6) is 0.572. The number of nitrogens with zero attached hydrogens (tertiary/aromatic N) is 6. The fourth-order valence-electron chi connectivity index (χ4n) is 5.30. The van der Waals surface area contributed by atoms with E-state index in [4.69, 9.17) is 19.1 Å². The highest BCUT2D eigenvalue weighted by Crippen LogP contribution is 2.45. The van der Waals surface area contributed by atoms with E-state index >= 15 is 0 Å². The first-order valence-corrected chi connectivity index (χ1v) is 14.5. The van der Waals surface area contributed by atoms with Crippen LogP contribution in [0.5, 0.6) is 5.75 Å². The number of carbonyl (C=O) groups excluding carboxylic acids is 3. The van der Waals surface area contributed by atoms with E-state index in [2.05, 4.69) is 15.4 Å². The molecule has 1 aromatic heterocycles. The zero-order valence-corrected chi connectivity index (χ0v) is 26.2. The number of ether oxygens (including phenoxy) is 2. The molecule has 4 rings (SSSR count). The molecule has 2 heterocycles. The maximum Gasteiger partial charge on any atom is 0.416 e. The highest BCUT2D eigenvalue weighted by molar-refractivity contribution is 5.90. The normalized spacial score (nSPS) is 16.1. The van der Waals surface area contributed by atoms with Gasteiger partial charge in [0.05, 0.1) is 43.1 Å². The first-order chi connectivity index (χ1) is 22.1. The lowest BCUT2D eigenvalue weighted by molar-refractivity contribution is -0.191. The number of anilines is 2. The number of amides is 1. The zero-order valence-electron chi connectivity index (χ0n) is 26.2. The number of methoxy groups -OCH3 is 1. The van der Waals surface area contributed by atoms with Gasteiger partial charge in [0, 0.05) is 18.2 Å². The third-order valence-corrected chi connectivity index (χ3v) is 7.25. The van der Waals surface area contributed by atoms with Crippen LogP contribution in [0.3, 0.4) is 0 Å². The summed E-state index contributed by atoms with van der Waals surface area (Å²) < 4.78 is 93.3. The van der Waals surface area contributed by atoms with Crippen LogP contribution in [0, 0.1) is 5.92 Å². The fraction of sp³-hybridized carbons (Fsp3) is 0.500. The molecule has 11 nitrogen and oxygen atoms in total. The van der Waals surface area contributed by atoms with Gasteiger partial charge in [-0.05, 0) is 72.9 Å². The van der Waals surface area contributed by atoms with Crippen LogP contribution in [0.4, 0.5) is 42.8 Å². The minimum Gasteiger partial charge on any atom is -0.497 e. The first kappa shape index (κ1) is 36.8. The second kappa shape index (κ2) is 15.3. The summed E-state index contributed by atoms with van der Waals surface area (Å²) in [7, 11) is 1.45. The summed E-state index contributed by atoms with van der Waals surface area (Å²) >= 11 is 0. The molecule has 17 heteroatoms. The van der Waals surface area contributed by atoms with Crippen LogP contribution >= 0.6 is 0 Å². The van der Waals surface area contributed by atoms with Crippen molar-refractivity contribution in [3.05, 3.63) is 58.7 Å². The molecule has 0 spiro atoms. The van der Waals surface area contributed by atoms with Crippen LogP contribution in [-0.4, -0.2) is 52.2 Å². The summed E-state index contributed by atoms with van der Waals surface area (Å²) in [6.07, 6.45) is -9.65. The van der Waals surface area contributed by atoms with E-state index in [0.717, 1.165) is 0 Å². The van der Waals surface area contributed by atoms with Gasteiger partial charge in [-0.25, -0.2) is 4.79 Å². The van der Waals surface area contributed by atoms with Gasteiger partial charge in [0.25, 0.3) is 5.95 Å². The Hall–Kier alpha value is -4.66. The Morgan fingerprint density at radius 1 is 1.04 bits per heavy atom. The average molecular weight is 673 g/mol. The third kappa shape index (κ3) is 8.99. The van der Waals surface area contributed by atoms with E-state index < -0.39 is 48.2 Å². The molecule has 0 fully saturated rings. The van der Waals surface area contributed by atoms with E-state index in [-0.39, 0.29) is 42.7 Å². The van der Waals surface area contributed by atoms with Crippen molar-refractivity contribution in [2.75, 3.05) is 23.5 Å². The van der Waals surface area contributed by atoms with Gasteiger partial charge in [0.1, 0.15) is 5.75 Å². The third-order valence-electron chi connectivity index (χ3n) is 7.25. The summed E-state index contributed by atoms with van der Waals surface area (Å²) in [5.41, 5.74) is -2.11. The maximum atomic E-state index is 13.8. The quantitative estimate of drug-likeness (QED) is 0.229. The molecule has 256 valence electrons. The molecule has 0 N–H and O–H groups in total. The Kier molecular flexibility index (Phi) is 12.0. The number of alkyl halides is 6. The summed E-state index contributed by atoms with van der Waals surface area (Å²) in [6.45, 7) is 7.50. The topological polar surface area (TPSA) is 120 Å². The van der Waals surface area contributed by atoms with E-state index in [1.54, 1.807) is 25.1 Å². The van der Waals surface area contributed by atoms with E-state index in [9.17, 15) is 31.1 Å². The molecule has 1 aliphatic heterocycles. The monoisotopic (exact) mass is 672 g/mol. The van der Waals surface area contributed by atoms with Crippen LogP contribution in [0.2, 0.25) is 0 Å². The number of aromatic nitrogens is 4. The molecule has 0 radical (unpaired) electrons. The summed E-state index contributed by atoms with van der Waals surface area (Å²) in [4.78, 5) is 33.7. The van der Waals surface area contributed by atoms with Crippen LogP contribution < -0.4 is 14.5 Å². The Balaban J connectivity index is 0.00000192. The van der Waals surface area contributed by atoms with Gasteiger partial charge in [-0.2, -0.15) is 40.7 Å². The van der Waals surface area contributed by atoms with Crippen molar-refractivity contribution in [3.8, 4) is 5.75 Å². The van der Waals surface area contributed by atoms with Crippen LogP contribution in [0.15, 0.2) is 36.4 Å². The number of fused-ring (bicyclic) bond motifs is 1. The van der Waals surface area contributed by atoms with E-state index in [0.29, 0.717) is 42.1 Å². The predicted molar refractivity (Wildman–Crippen MR) is 154 cm³/mol. The second-order valence-electron chi connectivity index (χ2n) is 11.0. The Morgan fingerprint density at radius 3 is 2.17 bits per heavy atom. The van der Waals surface area contributed by atoms with Gasteiger partial charge < -0.3 is 14.4 Å². The Morgan fingerprint density at radius 2 is 1.66 bits per heavy atom. The zero-order chi connectivity index (χ0) is 35.1. The lowest BCUT2D eigenvalue weighted by Gasteiger charge is -2.43. The van der Waals surface area contributed by atoms with Crippen molar-refractivity contribution in [3.63, 3.8) is 0 Å². The predicted octanol–water partition coefficient (Wildman–Crippen LogP) is 6.68. The number of tetrazole rings is 1. The SMILES string of the molecule is CCOC(=O)N1c2ccc(OC)cc2[C@@H](N(Cc2cc(C(F)(F)F)cc(C(F)(F)F)c2)c2nnn(CC(C)C)n2)CC1CC.O=C=O. The molecule has 1 amide bonds. The van der Waals surface area contributed by atoms with Crippen molar-refractivity contribution < 1.29 is 50.2 Å². The van der Waals surface area contributed by atoms with Crippen molar-refractivity contribution in [2.45, 2.75) is 78.1 Å². The highest BCUT2D eigenvalue weighted by Gasteiger charge is 2.41. The van der Waals surface area contributed by atoms with Gasteiger partial charge in [0.2, 0.25) is 0 Å². The molecular weight excluding hydrogens is 638 g/mol. The van der Waals surface area contributed by atoms with Crippen molar-refractivity contribution in [1.82, 2.24) is 20.2 Å². The standard InChI is InChI=1S/C29H34F6N6O3.CO2/c1-6-21-13-25(23-14-22(43-5)8-9-24(23)41(21)27(42)44-7-2)39(26-36-38-40(37-26)15-17(3)4)16-18-10-19(28(30,31)32)12-20(11-18)29(33,34)35;2-1-3/h8-12,14,17,21,25H,6-7,13,15-16H2,1-5H3;/t21?,25-;/m0./s1. The van der Waals surface area contributed by atoms with Crippen molar-refractivity contribution in [2.24, 2.45) is 5.92 Å². The maximum absolute atomic E-state index is 13.8. The average Bonchev–Trinajstić information content (AvgIpc) is 3.45. The lowest BCUT2D eigenvalue weighted by atomic mass is 9.88. The molecule has 3 aromatic rings. The molecule has 1 aliphatic rings. The van der Waals surface area contributed by atoms with Gasteiger partial charge in [0.15, 0.2) is 0 Å². The number of carbonyl (C=O) groups is 1. The minimum absolute atomic E-state index is 0.00910. The van der Waals surface area contributed by atoms with Crippen LogP contribution in [0.1, 0.15) is 68.8 Å². The van der Waals surface area contributed by atoms with Crippen LogP contribution in [0.25, 0.3) is 0 Å². The smallest absolute Gasteiger partial charge is 0.416 e. The minimum atomic E-state index is -5.02. The molecule has 2 atom stereocenters. The number of rotatable bonds is 9. The molecule has 2 aromatic carbocycles. The molecule has 0 saturated heterocycles. The molecule has 47 heavy (non-hydrogen) atoms. The van der Waals surface area contributed by atoms with E-state index in [1.165, 1.54) is 21.7 Å². The van der Waals surface area contributed by atoms with E-state index in [1.807, 2.05) is 20.8 Å². The van der Waals surface area contributed by atoms with Gasteiger partial charge in [-0.15, -0.1) is 5.10 Å². The van der Waals surface area contributed by atoms with Gasteiger partial charge in [-0.1, -0.05) is 25.9 Å². The number of hydrogen-bond donors (Lipinski definition) is 0. The first-order valence-electron chi connectivity index (χ1n) is 14.5. The molecule has 0 aliphatic carbocycles. The number of hydrogen-bond acceptors (Lipinski definition) is 9. The summed E-state index contributed by atoms with van der Waals surface area (Å²) in [5, 5.41) is 12.7. The number of benzene rings is 2. The molecule has 0 saturated carbocycles. The highest BCUT2D eigenvalue weighted by atomic mass is 19.4. The second-order valence-corrected chi connectivity index (χ2v) is 11.0. The largest absolute Gasteiger partial charge is 0.497 e. The Bertz CT molecular complexity index is 1520. The van der Waals surface area contributed by atoms with Gasteiger partial charge >= 0.3 is 24.6 Å². The van der Waals surface area contributed by atoms with Gasteiger partial charge in [-0.3, -0.25) is 4.90 Å². The van der Waals surface area contributed by atoms with Crippen molar-refractivity contribution >= 4 is 23.9 Å². The van der Waals surface area contributed by atoms with Crippen molar-refractivity contribution in [1.29, 1.82) is 0 Å². The fourth-order valence-corrected chi connectivity index (χ4v) is 5.30. The number of halogens is 6. The molecular formula is C30H34F6N6O5. The lowest BCUT2D eigenvalue weighted by Crippen LogP contribution is -2.48. The summed E-state index contributed by atoms with van der Waals surface area (Å²) in [6, 6.07) is 5.36. The molecule has 0 bridgehead atoms. The Labute approximate surface area is 266 Å². The van der Waals surface area contributed by atoms with Crippen LogP contribution in [-0.2, 0) is 39.8 Å². The molecule has 1 unspecified atom stereocenters.